The average Bonchev–Trinajstić information content (AvgIpc) is 3.67. The smallest absolute Gasteiger partial charge is 0.0559 e. The molecule has 2 saturated heterocycles. The Morgan fingerprint density at radius 2 is 0.786 bits per heavy atom. The molecule has 0 bridgehead atoms. The second-order valence-corrected chi connectivity index (χ2v) is 11.5. The minimum Gasteiger partial charge on any atom is -0.296 e. The lowest BCUT2D eigenvalue weighted by atomic mass is 9.93. The van der Waals surface area contributed by atoms with Crippen LogP contribution in [0, 0.1) is 0 Å². The van der Waals surface area contributed by atoms with Gasteiger partial charge in [-0.25, -0.2) is 0 Å². The molecule has 0 saturated carbocycles. The minimum atomic E-state index is 0.258. The molecule has 4 atom stereocenters. The lowest BCUT2D eigenvalue weighted by Crippen LogP contribution is -2.26. The maximum Gasteiger partial charge on any atom is 0.0559 e. The molecule has 0 radical (unpaired) electrons. The fraction of sp³-hybridized carbons (Fsp3) is 0.211. The van der Waals surface area contributed by atoms with Crippen LogP contribution in [0.5, 0.6) is 0 Å². The van der Waals surface area contributed by atoms with Crippen molar-refractivity contribution < 1.29 is 0 Å². The fourth-order valence-electron chi connectivity index (χ4n) is 6.90. The van der Waals surface area contributed by atoms with E-state index < -0.39 is 0 Å². The number of benzene rings is 5. The van der Waals surface area contributed by atoms with E-state index in [9.17, 15) is 0 Å². The average molecular weight is 551 g/mol. The Morgan fingerprint density at radius 1 is 0.429 bits per heavy atom. The first-order valence-corrected chi connectivity index (χ1v) is 15.1. The molecule has 2 N–H and O–H groups in total. The summed E-state index contributed by atoms with van der Waals surface area (Å²) < 4.78 is 0. The van der Waals surface area contributed by atoms with Gasteiger partial charge in [-0.1, -0.05) is 146 Å². The van der Waals surface area contributed by atoms with E-state index >= 15 is 0 Å². The van der Waals surface area contributed by atoms with E-state index in [2.05, 4.69) is 166 Å². The summed E-state index contributed by atoms with van der Waals surface area (Å²) in [5, 5.41) is 7.64. The summed E-state index contributed by atoms with van der Waals surface area (Å²) in [5.74, 6) is 0. The first-order valence-electron chi connectivity index (χ1n) is 15.1. The van der Waals surface area contributed by atoms with E-state index in [0.717, 1.165) is 26.4 Å². The zero-order valence-corrected chi connectivity index (χ0v) is 23.9. The molecule has 2 aliphatic heterocycles. The predicted octanol–water partition coefficient (Wildman–Crippen LogP) is 7.38. The number of rotatable bonds is 8. The second-order valence-electron chi connectivity index (χ2n) is 11.5. The van der Waals surface area contributed by atoms with E-state index in [1.54, 1.807) is 0 Å². The van der Waals surface area contributed by atoms with Gasteiger partial charge in [0.05, 0.1) is 24.2 Å². The summed E-state index contributed by atoms with van der Waals surface area (Å²) in [6, 6.07) is 53.9. The lowest BCUT2D eigenvalue weighted by Gasteiger charge is -2.29. The molecular formula is C38H38N4. The topological polar surface area (TPSA) is 30.5 Å². The van der Waals surface area contributed by atoms with Gasteiger partial charge in [-0.15, -0.1) is 0 Å². The molecule has 210 valence electrons. The fourth-order valence-corrected chi connectivity index (χ4v) is 6.90. The highest BCUT2D eigenvalue weighted by atomic mass is 15.3. The van der Waals surface area contributed by atoms with Crippen molar-refractivity contribution in [1.82, 2.24) is 20.4 Å². The standard InChI is InChI=1S/C38H38N4/c1-5-16-31(17-6-1)35-37(33-20-9-3-10-21-33)41(27-39-35)25-29-14-13-15-30(24-29)26-42-28-40-36(32-18-7-2-8-19-32)38(42)34-22-11-4-12-23-34/h1-24,35-40H,25-28H2/t35-,36-,37-,38-/m0/s1. The van der Waals surface area contributed by atoms with Gasteiger partial charge >= 0.3 is 0 Å². The van der Waals surface area contributed by atoms with E-state index in [1.165, 1.54) is 33.4 Å². The van der Waals surface area contributed by atoms with Crippen LogP contribution in [0.2, 0.25) is 0 Å². The SMILES string of the molecule is c1ccc([C@@H]2NCN(Cc3cccc(CN4CN[C@@H](c5ccccc5)[C@@H]4c4ccccc4)c3)[C@H]2c2ccccc2)cc1. The highest BCUT2D eigenvalue weighted by molar-refractivity contribution is 5.32. The van der Waals surface area contributed by atoms with Crippen LogP contribution in [-0.4, -0.2) is 23.1 Å². The van der Waals surface area contributed by atoms with Crippen molar-refractivity contribution in [2.45, 2.75) is 37.3 Å². The van der Waals surface area contributed by atoms with Crippen LogP contribution in [-0.2, 0) is 13.1 Å². The monoisotopic (exact) mass is 550 g/mol. The van der Waals surface area contributed by atoms with Crippen LogP contribution in [0.1, 0.15) is 57.5 Å². The third-order valence-corrected chi connectivity index (χ3v) is 8.81. The van der Waals surface area contributed by atoms with Crippen LogP contribution >= 0.6 is 0 Å². The Labute approximate surface area is 249 Å². The molecule has 5 aromatic rings. The zero-order valence-electron chi connectivity index (χ0n) is 23.9. The highest BCUT2D eigenvalue weighted by Gasteiger charge is 2.37. The van der Waals surface area contributed by atoms with E-state index in [1.807, 2.05) is 0 Å². The van der Waals surface area contributed by atoms with Crippen molar-refractivity contribution >= 4 is 0 Å². The molecule has 2 fully saturated rings. The van der Waals surface area contributed by atoms with Crippen LogP contribution < -0.4 is 10.6 Å². The van der Waals surface area contributed by atoms with Crippen molar-refractivity contribution in [3.8, 4) is 0 Å². The summed E-state index contributed by atoms with van der Waals surface area (Å²) in [4.78, 5) is 5.17. The van der Waals surface area contributed by atoms with Gasteiger partial charge in [-0.2, -0.15) is 0 Å². The molecule has 7 rings (SSSR count). The van der Waals surface area contributed by atoms with Gasteiger partial charge in [-0.05, 0) is 33.4 Å². The number of nitrogens with one attached hydrogen (secondary N) is 2. The molecule has 2 heterocycles. The summed E-state index contributed by atoms with van der Waals surface area (Å²) in [7, 11) is 0. The van der Waals surface area contributed by atoms with Gasteiger partial charge < -0.3 is 0 Å². The van der Waals surface area contributed by atoms with Crippen LogP contribution in [0.15, 0.2) is 146 Å². The Hall–Kier alpha value is -4.06. The van der Waals surface area contributed by atoms with Crippen LogP contribution in [0.25, 0.3) is 0 Å². The van der Waals surface area contributed by atoms with E-state index in [4.69, 9.17) is 0 Å². The van der Waals surface area contributed by atoms with Crippen molar-refractivity contribution in [3.05, 3.63) is 179 Å². The number of hydrogen-bond acceptors (Lipinski definition) is 4. The van der Waals surface area contributed by atoms with Crippen molar-refractivity contribution in [2.75, 3.05) is 13.3 Å². The van der Waals surface area contributed by atoms with Crippen molar-refractivity contribution in [3.63, 3.8) is 0 Å². The predicted molar refractivity (Wildman–Crippen MR) is 170 cm³/mol. The second kappa shape index (κ2) is 12.4. The first kappa shape index (κ1) is 26.8. The van der Waals surface area contributed by atoms with Gasteiger partial charge in [0.15, 0.2) is 0 Å². The Kier molecular flexibility index (Phi) is 7.94. The Balaban J connectivity index is 1.12. The molecule has 4 heteroatoms. The molecule has 0 amide bonds. The first-order chi connectivity index (χ1) is 20.8. The van der Waals surface area contributed by atoms with Gasteiger partial charge in [-0.3, -0.25) is 20.4 Å². The molecule has 42 heavy (non-hydrogen) atoms. The summed E-state index contributed by atoms with van der Waals surface area (Å²) >= 11 is 0. The van der Waals surface area contributed by atoms with Gasteiger partial charge in [0.2, 0.25) is 0 Å². The highest BCUT2D eigenvalue weighted by Crippen LogP contribution is 2.40. The van der Waals surface area contributed by atoms with Crippen molar-refractivity contribution in [1.29, 1.82) is 0 Å². The van der Waals surface area contributed by atoms with E-state index in [0.29, 0.717) is 0 Å². The normalized spacial score (nSPS) is 22.9. The summed E-state index contributed by atoms with van der Waals surface area (Å²) in [5.41, 5.74) is 8.09. The third kappa shape index (κ3) is 5.67. The zero-order chi connectivity index (χ0) is 28.1. The molecular weight excluding hydrogens is 512 g/mol. The Morgan fingerprint density at radius 3 is 1.17 bits per heavy atom. The third-order valence-electron chi connectivity index (χ3n) is 8.81. The Bertz CT molecular complexity index is 1440. The van der Waals surface area contributed by atoms with Gasteiger partial charge in [0, 0.05) is 26.4 Å². The van der Waals surface area contributed by atoms with Crippen LogP contribution in [0.3, 0.4) is 0 Å². The molecule has 4 nitrogen and oxygen atoms in total. The largest absolute Gasteiger partial charge is 0.296 e. The van der Waals surface area contributed by atoms with Gasteiger partial charge in [0.25, 0.3) is 0 Å². The summed E-state index contributed by atoms with van der Waals surface area (Å²) in [6.45, 7) is 3.51. The lowest BCUT2D eigenvalue weighted by molar-refractivity contribution is 0.234. The quantitative estimate of drug-likeness (QED) is 0.211. The summed E-state index contributed by atoms with van der Waals surface area (Å²) in [6.07, 6.45) is 0. The van der Waals surface area contributed by atoms with E-state index in [-0.39, 0.29) is 24.2 Å². The molecule has 0 aromatic heterocycles. The molecule has 2 aliphatic rings. The maximum atomic E-state index is 3.82. The number of hydrogen-bond donors (Lipinski definition) is 2. The van der Waals surface area contributed by atoms with Crippen LogP contribution in [0.4, 0.5) is 0 Å². The molecule has 0 aliphatic carbocycles. The number of nitrogens with zero attached hydrogens (tertiary/aromatic N) is 2. The van der Waals surface area contributed by atoms with Gasteiger partial charge in [0.1, 0.15) is 0 Å². The minimum absolute atomic E-state index is 0.258. The molecule has 5 aromatic carbocycles. The molecule has 0 unspecified atom stereocenters. The van der Waals surface area contributed by atoms with Crippen molar-refractivity contribution in [2.24, 2.45) is 0 Å². The molecule has 0 spiro atoms. The maximum absolute atomic E-state index is 3.82.